The molecule has 0 aromatic heterocycles. The van der Waals surface area contributed by atoms with Gasteiger partial charge in [-0.25, -0.2) is 0 Å². The number of carbonyl (C=O) groups is 1. The van der Waals surface area contributed by atoms with Gasteiger partial charge >= 0.3 is 0 Å². The van der Waals surface area contributed by atoms with Crippen LogP contribution in [0, 0.1) is 5.92 Å². The smallest absolute Gasteiger partial charge is 0.222 e. The molecule has 4 rings (SSSR count). The number of amides is 1. The standard InChI is InChI=1S/C23H35N3O2S/c27-23(26-12-16-29-17-13-26)7-6-21-19-24(18-20-4-2-1-3-5-20)9-8-22(21)25-10-14-28-15-11-25/h1-5,21-22H,6-19H2/t21-,22+/m0/s1. The summed E-state index contributed by atoms with van der Waals surface area (Å²) < 4.78 is 5.59. The first-order valence-corrected chi connectivity index (χ1v) is 12.4. The summed E-state index contributed by atoms with van der Waals surface area (Å²) in [5.74, 6) is 3.12. The second-order valence-corrected chi connectivity index (χ2v) is 9.74. The molecule has 1 aromatic rings. The summed E-state index contributed by atoms with van der Waals surface area (Å²) >= 11 is 1.96. The number of benzene rings is 1. The maximum atomic E-state index is 12.8. The van der Waals surface area contributed by atoms with E-state index in [1.807, 2.05) is 11.8 Å². The van der Waals surface area contributed by atoms with Crippen LogP contribution < -0.4 is 0 Å². The Morgan fingerprint density at radius 2 is 1.79 bits per heavy atom. The second kappa shape index (κ2) is 10.8. The molecular formula is C23H35N3O2S. The Kier molecular flexibility index (Phi) is 7.88. The zero-order valence-corrected chi connectivity index (χ0v) is 18.3. The lowest BCUT2D eigenvalue weighted by Crippen LogP contribution is -2.54. The predicted molar refractivity (Wildman–Crippen MR) is 119 cm³/mol. The Balaban J connectivity index is 1.37. The maximum absolute atomic E-state index is 12.8. The molecule has 6 heteroatoms. The molecular weight excluding hydrogens is 382 g/mol. The van der Waals surface area contributed by atoms with Gasteiger partial charge in [-0.05, 0) is 30.9 Å². The first-order chi connectivity index (χ1) is 14.3. The van der Waals surface area contributed by atoms with Crippen LogP contribution in [0.1, 0.15) is 24.8 Å². The van der Waals surface area contributed by atoms with Gasteiger partial charge in [-0.2, -0.15) is 11.8 Å². The molecule has 3 aliphatic heterocycles. The quantitative estimate of drug-likeness (QED) is 0.711. The average Bonchev–Trinajstić information content (AvgIpc) is 2.79. The average molecular weight is 418 g/mol. The van der Waals surface area contributed by atoms with E-state index in [1.165, 1.54) is 12.0 Å². The fourth-order valence-electron chi connectivity index (χ4n) is 5.03. The largest absolute Gasteiger partial charge is 0.379 e. The predicted octanol–water partition coefficient (Wildman–Crippen LogP) is 2.56. The SMILES string of the molecule is O=C(CC[C@H]1CN(Cc2ccccc2)CC[C@H]1N1CCOCC1)N1CCSCC1. The maximum Gasteiger partial charge on any atom is 0.222 e. The molecule has 0 N–H and O–H groups in total. The van der Waals surface area contributed by atoms with Crippen molar-refractivity contribution >= 4 is 17.7 Å². The number of morpholine rings is 1. The van der Waals surface area contributed by atoms with E-state index >= 15 is 0 Å². The minimum absolute atomic E-state index is 0.367. The molecule has 0 bridgehead atoms. The molecule has 1 amide bonds. The molecule has 0 spiro atoms. The third kappa shape index (κ3) is 5.97. The fourth-order valence-corrected chi connectivity index (χ4v) is 5.94. The molecule has 0 aliphatic carbocycles. The van der Waals surface area contributed by atoms with Crippen molar-refractivity contribution in [1.29, 1.82) is 0 Å². The van der Waals surface area contributed by atoms with E-state index in [9.17, 15) is 4.79 Å². The van der Waals surface area contributed by atoms with E-state index in [0.717, 1.165) is 77.0 Å². The third-order valence-electron chi connectivity index (χ3n) is 6.63. The molecule has 0 saturated carbocycles. The van der Waals surface area contributed by atoms with Crippen LogP contribution in [0.3, 0.4) is 0 Å². The van der Waals surface area contributed by atoms with Crippen LogP contribution in [0.5, 0.6) is 0 Å². The number of ether oxygens (including phenoxy) is 1. The number of carbonyl (C=O) groups excluding carboxylic acids is 1. The molecule has 0 unspecified atom stereocenters. The highest BCUT2D eigenvalue weighted by molar-refractivity contribution is 7.99. The van der Waals surface area contributed by atoms with Crippen molar-refractivity contribution in [3.8, 4) is 0 Å². The number of nitrogens with zero attached hydrogens (tertiary/aromatic N) is 3. The number of hydrogen-bond donors (Lipinski definition) is 0. The summed E-state index contributed by atoms with van der Waals surface area (Å²) in [5.41, 5.74) is 1.39. The van der Waals surface area contributed by atoms with Gasteiger partial charge in [0.25, 0.3) is 0 Å². The van der Waals surface area contributed by atoms with Gasteiger partial charge in [0.2, 0.25) is 5.91 Å². The Morgan fingerprint density at radius 1 is 1.03 bits per heavy atom. The van der Waals surface area contributed by atoms with Crippen LogP contribution in [0.4, 0.5) is 0 Å². The third-order valence-corrected chi connectivity index (χ3v) is 7.58. The van der Waals surface area contributed by atoms with Crippen molar-refractivity contribution in [2.75, 3.05) is 64.0 Å². The van der Waals surface area contributed by atoms with Gasteiger partial charge in [0.05, 0.1) is 13.2 Å². The topological polar surface area (TPSA) is 36.0 Å². The summed E-state index contributed by atoms with van der Waals surface area (Å²) in [4.78, 5) is 20.1. The highest BCUT2D eigenvalue weighted by Crippen LogP contribution is 2.28. The Labute approximate surface area is 179 Å². The fraction of sp³-hybridized carbons (Fsp3) is 0.696. The van der Waals surface area contributed by atoms with E-state index in [2.05, 4.69) is 45.0 Å². The Hall–Kier alpha value is -1.08. The summed E-state index contributed by atoms with van der Waals surface area (Å²) in [6.07, 6.45) is 2.91. The van der Waals surface area contributed by atoms with E-state index < -0.39 is 0 Å². The normalized spacial score (nSPS) is 27.1. The molecule has 3 fully saturated rings. The molecule has 0 radical (unpaired) electrons. The molecule has 3 heterocycles. The lowest BCUT2D eigenvalue weighted by Gasteiger charge is -2.45. The van der Waals surface area contributed by atoms with Crippen LogP contribution in [-0.2, 0) is 16.1 Å². The van der Waals surface area contributed by atoms with E-state index in [-0.39, 0.29) is 0 Å². The van der Waals surface area contributed by atoms with Crippen LogP contribution in [0.2, 0.25) is 0 Å². The van der Waals surface area contributed by atoms with E-state index in [1.54, 1.807) is 0 Å². The van der Waals surface area contributed by atoms with E-state index in [0.29, 0.717) is 24.3 Å². The minimum Gasteiger partial charge on any atom is -0.379 e. The molecule has 29 heavy (non-hydrogen) atoms. The van der Waals surface area contributed by atoms with Crippen LogP contribution in [-0.4, -0.2) is 90.6 Å². The first-order valence-electron chi connectivity index (χ1n) is 11.2. The van der Waals surface area contributed by atoms with Crippen molar-refractivity contribution in [1.82, 2.24) is 14.7 Å². The number of thioether (sulfide) groups is 1. The number of piperidine rings is 1. The lowest BCUT2D eigenvalue weighted by molar-refractivity contribution is -0.131. The Bertz CT molecular complexity index is 632. The molecule has 3 saturated heterocycles. The molecule has 2 atom stereocenters. The highest BCUT2D eigenvalue weighted by atomic mass is 32.2. The summed E-state index contributed by atoms with van der Waals surface area (Å²) in [6, 6.07) is 11.4. The van der Waals surface area contributed by atoms with Gasteiger partial charge in [0.15, 0.2) is 0 Å². The van der Waals surface area contributed by atoms with Crippen molar-refractivity contribution in [3.05, 3.63) is 35.9 Å². The van der Waals surface area contributed by atoms with Crippen molar-refractivity contribution in [3.63, 3.8) is 0 Å². The molecule has 5 nitrogen and oxygen atoms in total. The van der Waals surface area contributed by atoms with Gasteiger partial charge in [0.1, 0.15) is 0 Å². The van der Waals surface area contributed by atoms with Crippen molar-refractivity contribution in [2.45, 2.75) is 31.8 Å². The minimum atomic E-state index is 0.367. The zero-order chi connectivity index (χ0) is 19.9. The number of hydrogen-bond acceptors (Lipinski definition) is 5. The first kappa shape index (κ1) is 21.2. The van der Waals surface area contributed by atoms with Gasteiger partial charge in [-0.15, -0.1) is 0 Å². The summed E-state index contributed by atoms with van der Waals surface area (Å²) in [6.45, 7) is 8.90. The highest BCUT2D eigenvalue weighted by Gasteiger charge is 2.34. The van der Waals surface area contributed by atoms with Crippen LogP contribution in [0.25, 0.3) is 0 Å². The monoisotopic (exact) mass is 417 g/mol. The van der Waals surface area contributed by atoms with Gasteiger partial charge in [0, 0.05) is 63.2 Å². The van der Waals surface area contributed by atoms with Crippen molar-refractivity contribution in [2.24, 2.45) is 5.92 Å². The van der Waals surface area contributed by atoms with E-state index in [4.69, 9.17) is 4.74 Å². The number of rotatable bonds is 6. The van der Waals surface area contributed by atoms with Gasteiger partial charge < -0.3 is 9.64 Å². The number of likely N-dealkylation sites (tertiary alicyclic amines) is 1. The molecule has 1 aromatic carbocycles. The van der Waals surface area contributed by atoms with Gasteiger partial charge in [-0.3, -0.25) is 14.6 Å². The van der Waals surface area contributed by atoms with Gasteiger partial charge in [-0.1, -0.05) is 30.3 Å². The Morgan fingerprint density at radius 3 is 2.55 bits per heavy atom. The van der Waals surface area contributed by atoms with Crippen LogP contribution in [0.15, 0.2) is 30.3 Å². The second-order valence-electron chi connectivity index (χ2n) is 8.52. The summed E-state index contributed by atoms with van der Waals surface area (Å²) in [7, 11) is 0. The summed E-state index contributed by atoms with van der Waals surface area (Å²) in [5, 5.41) is 0. The molecule has 160 valence electrons. The lowest BCUT2D eigenvalue weighted by atomic mass is 9.86. The zero-order valence-electron chi connectivity index (χ0n) is 17.5. The van der Waals surface area contributed by atoms with Crippen LogP contribution >= 0.6 is 11.8 Å². The molecule has 3 aliphatic rings. The van der Waals surface area contributed by atoms with Crippen molar-refractivity contribution < 1.29 is 9.53 Å².